The van der Waals surface area contributed by atoms with Gasteiger partial charge in [-0.05, 0) is 31.0 Å². The Labute approximate surface area is 166 Å². The summed E-state index contributed by atoms with van der Waals surface area (Å²) in [6.45, 7) is 6.20. The molecule has 2 heterocycles. The van der Waals surface area contributed by atoms with Crippen molar-refractivity contribution in [3.63, 3.8) is 0 Å². The summed E-state index contributed by atoms with van der Waals surface area (Å²) in [6.07, 6.45) is 2.81. The number of hydrogen-bond acceptors (Lipinski definition) is 5. The van der Waals surface area contributed by atoms with Crippen LogP contribution in [0.2, 0.25) is 5.02 Å². The average Bonchev–Trinajstić information content (AvgIpc) is 2.64. The molecule has 146 valence electrons. The molecule has 0 radical (unpaired) electrons. The molecule has 1 aromatic heterocycles. The molecule has 0 unspecified atom stereocenters. The molecule has 0 aliphatic carbocycles. The molecule has 0 atom stereocenters. The van der Waals surface area contributed by atoms with Gasteiger partial charge in [0, 0.05) is 48.9 Å². The van der Waals surface area contributed by atoms with Gasteiger partial charge in [-0.15, -0.1) is 0 Å². The number of benzene rings is 1. The molecule has 27 heavy (non-hydrogen) atoms. The van der Waals surface area contributed by atoms with E-state index in [1.807, 2.05) is 31.2 Å². The highest BCUT2D eigenvalue weighted by atomic mass is 35.5. The molecule has 1 saturated heterocycles. The zero-order chi connectivity index (χ0) is 19.6. The van der Waals surface area contributed by atoms with Crippen LogP contribution in [0, 0.1) is 6.92 Å². The van der Waals surface area contributed by atoms with Crippen LogP contribution in [-0.2, 0) is 22.9 Å². The number of aryl methyl sites for hydroxylation is 2. The van der Waals surface area contributed by atoms with Gasteiger partial charge in [0.1, 0.15) is 11.6 Å². The van der Waals surface area contributed by atoms with E-state index in [2.05, 4.69) is 16.8 Å². The number of nitrogens with zero attached hydrogens (tertiary/aromatic N) is 4. The highest BCUT2D eigenvalue weighted by molar-refractivity contribution is 7.88. The summed E-state index contributed by atoms with van der Waals surface area (Å²) in [5, 5.41) is 0.715. The van der Waals surface area contributed by atoms with E-state index in [9.17, 15) is 8.42 Å². The highest BCUT2D eigenvalue weighted by Crippen LogP contribution is 2.26. The van der Waals surface area contributed by atoms with Gasteiger partial charge in [0.2, 0.25) is 10.0 Å². The van der Waals surface area contributed by atoms with Crippen LogP contribution in [0.5, 0.6) is 0 Å². The van der Waals surface area contributed by atoms with Gasteiger partial charge < -0.3 is 4.90 Å². The lowest BCUT2D eigenvalue weighted by Gasteiger charge is -2.35. The predicted molar refractivity (Wildman–Crippen MR) is 109 cm³/mol. The van der Waals surface area contributed by atoms with Crippen molar-refractivity contribution >= 4 is 27.4 Å². The van der Waals surface area contributed by atoms with Crippen LogP contribution in [0.3, 0.4) is 0 Å². The zero-order valence-corrected chi connectivity index (χ0v) is 17.5. The van der Waals surface area contributed by atoms with Crippen LogP contribution < -0.4 is 4.90 Å². The summed E-state index contributed by atoms with van der Waals surface area (Å²) in [6, 6.07) is 7.82. The third-order valence-corrected chi connectivity index (χ3v) is 6.37. The molecule has 2 aromatic rings. The van der Waals surface area contributed by atoms with E-state index in [1.165, 1.54) is 10.6 Å². The molecular weight excluding hydrogens is 384 g/mol. The molecule has 1 aliphatic rings. The molecule has 1 aromatic carbocycles. The third-order valence-electron chi connectivity index (χ3n) is 4.82. The van der Waals surface area contributed by atoms with Crippen LogP contribution in [-0.4, -0.2) is 55.1 Å². The van der Waals surface area contributed by atoms with Crippen LogP contribution in [0.4, 0.5) is 5.82 Å². The Morgan fingerprint density at radius 2 is 1.70 bits per heavy atom. The van der Waals surface area contributed by atoms with E-state index in [0.29, 0.717) is 31.2 Å². The van der Waals surface area contributed by atoms with Gasteiger partial charge in [0.05, 0.1) is 6.26 Å². The van der Waals surface area contributed by atoms with Gasteiger partial charge in [0.25, 0.3) is 0 Å². The lowest BCUT2D eigenvalue weighted by Crippen LogP contribution is -2.49. The first-order valence-electron chi connectivity index (χ1n) is 9.09. The maximum atomic E-state index is 11.8. The molecule has 0 bridgehead atoms. The fourth-order valence-corrected chi connectivity index (χ4v) is 4.36. The first-order valence-corrected chi connectivity index (χ1v) is 11.3. The molecule has 1 aliphatic heterocycles. The number of anilines is 1. The van der Waals surface area contributed by atoms with Crippen LogP contribution in [0.1, 0.15) is 29.6 Å². The SMILES string of the molecule is CCc1nc(C)nc(N2CCN(S(C)(=O)=O)CC2)c1Cc1ccc(Cl)cc1. The van der Waals surface area contributed by atoms with Gasteiger partial charge in [-0.2, -0.15) is 4.31 Å². The lowest BCUT2D eigenvalue weighted by molar-refractivity contribution is 0.386. The molecule has 6 nitrogen and oxygen atoms in total. The van der Waals surface area contributed by atoms with Crippen LogP contribution >= 0.6 is 11.6 Å². The highest BCUT2D eigenvalue weighted by Gasteiger charge is 2.26. The molecule has 0 spiro atoms. The van der Waals surface area contributed by atoms with E-state index in [0.717, 1.165) is 41.3 Å². The molecule has 0 saturated carbocycles. The van der Waals surface area contributed by atoms with Gasteiger partial charge in [0.15, 0.2) is 0 Å². The van der Waals surface area contributed by atoms with Crippen molar-refractivity contribution in [3.05, 3.63) is 51.9 Å². The Hall–Kier alpha value is -1.70. The summed E-state index contributed by atoms with van der Waals surface area (Å²) >= 11 is 6.01. The van der Waals surface area contributed by atoms with Crippen molar-refractivity contribution in [2.24, 2.45) is 0 Å². The van der Waals surface area contributed by atoms with E-state index in [4.69, 9.17) is 16.6 Å². The summed E-state index contributed by atoms with van der Waals surface area (Å²) in [5.41, 5.74) is 3.30. The quantitative estimate of drug-likeness (QED) is 0.760. The normalized spacial score (nSPS) is 15.9. The monoisotopic (exact) mass is 408 g/mol. The van der Waals surface area contributed by atoms with E-state index < -0.39 is 10.0 Å². The standard InChI is InChI=1S/C19H25ClN4O2S/c1-4-18-17(13-15-5-7-16(20)8-6-15)19(22-14(2)21-18)23-9-11-24(12-10-23)27(3,25)26/h5-8H,4,9-13H2,1-3H3. The summed E-state index contributed by atoms with van der Waals surface area (Å²) in [5.74, 6) is 1.66. The van der Waals surface area contributed by atoms with Gasteiger partial charge in [-0.3, -0.25) is 0 Å². The van der Waals surface area contributed by atoms with Gasteiger partial charge in [-0.25, -0.2) is 18.4 Å². The van der Waals surface area contributed by atoms with Crippen molar-refractivity contribution in [2.75, 3.05) is 37.3 Å². The maximum Gasteiger partial charge on any atom is 0.211 e. The van der Waals surface area contributed by atoms with Crippen molar-refractivity contribution in [2.45, 2.75) is 26.7 Å². The smallest absolute Gasteiger partial charge is 0.211 e. The minimum Gasteiger partial charge on any atom is -0.354 e. The second-order valence-corrected chi connectivity index (χ2v) is 9.24. The minimum absolute atomic E-state index is 0.476. The van der Waals surface area contributed by atoms with Crippen molar-refractivity contribution in [3.8, 4) is 0 Å². The van der Waals surface area contributed by atoms with Gasteiger partial charge >= 0.3 is 0 Å². The number of hydrogen-bond donors (Lipinski definition) is 0. The Balaban J connectivity index is 1.92. The van der Waals surface area contributed by atoms with Crippen molar-refractivity contribution < 1.29 is 8.42 Å². The van der Waals surface area contributed by atoms with Crippen LogP contribution in [0.25, 0.3) is 0 Å². The van der Waals surface area contributed by atoms with Crippen molar-refractivity contribution in [1.82, 2.24) is 14.3 Å². The van der Waals surface area contributed by atoms with Crippen molar-refractivity contribution in [1.29, 1.82) is 0 Å². The number of rotatable bonds is 5. The predicted octanol–water partition coefficient (Wildman–Crippen LogP) is 2.67. The topological polar surface area (TPSA) is 66.4 Å². The fraction of sp³-hybridized carbons (Fsp3) is 0.474. The summed E-state index contributed by atoms with van der Waals surface area (Å²) in [4.78, 5) is 11.6. The number of halogens is 1. The van der Waals surface area contributed by atoms with E-state index in [-0.39, 0.29) is 0 Å². The second kappa shape index (κ2) is 8.12. The minimum atomic E-state index is -3.15. The van der Waals surface area contributed by atoms with E-state index in [1.54, 1.807) is 0 Å². The Kier molecular flexibility index (Phi) is 6.03. The molecule has 1 fully saturated rings. The zero-order valence-electron chi connectivity index (χ0n) is 15.9. The first kappa shape index (κ1) is 20.0. The summed E-state index contributed by atoms with van der Waals surface area (Å²) in [7, 11) is -3.15. The number of sulfonamides is 1. The second-order valence-electron chi connectivity index (χ2n) is 6.83. The Morgan fingerprint density at radius 1 is 1.07 bits per heavy atom. The molecule has 8 heteroatoms. The number of piperazine rings is 1. The summed E-state index contributed by atoms with van der Waals surface area (Å²) < 4.78 is 25.1. The third kappa shape index (κ3) is 4.78. The van der Waals surface area contributed by atoms with E-state index >= 15 is 0 Å². The maximum absolute atomic E-state index is 11.8. The molecule has 3 rings (SSSR count). The lowest BCUT2D eigenvalue weighted by atomic mass is 10.0. The molecule has 0 amide bonds. The average molecular weight is 409 g/mol. The largest absolute Gasteiger partial charge is 0.354 e. The Bertz CT molecular complexity index is 908. The number of aromatic nitrogens is 2. The van der Waals surface area contributed by atoms with Crippen LogP contribution in [0.15, 0.2) is 24.3 Å². The molecular formula is C19H25ClN4O2S. The molecule has 0 N–H and O–H groups in total. The Morgan fingerprint density at radius 3 is 2.26 bits per heavy atom. The van der Waals surface area contributed by atoms with Gasteiger partial charge in [-0.1, -0.05) is 30.7 Å². The first-order chi connectivity index (χ1) is 12.8. The fourth-order valence-electron chi connectivity index (χ4n) is 3.41.